The number of alkyl halides is 1. The third kappa shape index (κ3) is 23.4. The van der Waals surface area contributed by atoms with Crippen molar-refractivity contribution < 1.29 is 58.2 Å². The number of nitrogens with one attached hydrogen (secondary N) is 1. The molecule has 0 spiro atoms. The lowest BCUT2D eigenvalue weighted by Gasteiger charge is -2.39. The number of nitrogens with two attached hydrogens (primary N) is 1. The van der Waals surface area contributed by atoms with Crippen LogP contribution in [0.25, 0.3) is 0 Å². The maximum absolute atomic E-state index is 12.1. The Hall–Kier alpha value is -8.68. The van der Waals surface area contributed by atoms with E-state index >= 15 is 0 Å². The van der Waals surface area contributed by atoms with Crippen LogP contribution in [0.15, 0.2) is 77.3 Å². The second kappa shape index (κ2) is 40.3. The van der Waals surface area contributed by atoms with E-state index in [1.54, 1.807) is 58.3 Å². The number of aromatic carboxylic acids is 1. The minimum absolute atomic E-state index is 0.0322. The number of carboxylic acid groups (broad SMARTS) is 1. The third-order valence-electron chi connectivity index (χ3n) is 24.2. The van der Waals surface area contributed by atoms with Crippen molar-refractivity contribution in [2.75, 3.05) is 60.6 Å². The third-order valence-corrected chi connectivity index (χ3v) is 32.4. The quantitative estimate of drug-likeness (QED) is 0.0223. The van der Waals surface area contributed by atoms with Crippen LogP contribution in [0.2, 0.25) is 0 Å². The number of carbonyl (C=O) groups excluding carboxylic acids is 3. The van der Waals surface area contributed by atoms with Gasteiger partial charge in [-0.3, -0.25) is 40.5 Å². The monoisotopic (exact) mass is 1920 g/mol. The second-order valence-electron chi connectivity index (χ2n) is 39.4. The molecule has 4 heterocycles. The Morgan fingerprint density at radius 2 is 0.720 bits per heavy atom. The normalized spacial score (nSPS) is 16.3. The first kappa shape index (κ1) is 103. The molecule has 125 heavy (non-hydrogen) atoms. The smallest absolute Gasteiger partial charge is 0.344 e. The number of nitrogens with zero attached hydrogens (tertiary/aromatic N) is 6. The molecule has 0 saturated heterocycles. The summed E-state index contributed by atoms with van der Waals surface area (Å²) in [5.74, 6) is -1.97. The first-order valence-electron chi connectivity index (χ1n) is 42.1. The van der Waals surface area contributed by atoms with Crippen molar-refractivity contribution >= 4 is 161 Å². The summed E-state index contributed by atoms with van der Waals surface area (Å²) in [6, 6.07) is 17.9. The fourth-order valence-electron chi connectivity index (χ4n) is 16.9. The van der Waals surface area contributed by atoms with E-state index in [9.17, 15) is 64.7 Å². The molecule has 0 unspecified atom stereocenters. The van der Waals surface area contributed by atoms with E-state index in [0.29, 0.717) is 45.1 Å². The fourth-order valence-corrected chi connectivity index (χ4v) is 23.5. The molecule has 0 radical (unpaired) electrons. The van der Waals surface area contributed by atoms with Crippen LogP contribution in [0.3, 0.4) is 0 Å². The minimum Gasteiger partial charge on any atom is -0.477 e. The van der Waals surface area contributed by atoms with E-state index in [1.165, 1.54) is 147 Å². The number of nitro groups is 4. The van der Waals surface area contributed by atoms with E-state index < -0.39 is 43.6 Å². The molecule has 0 atom stereocenters. The summed E-state index contributed by atoms with van der Waals surface area (Å²) in [7, 11) is 3.61. The number of carbonyl (C=O) groups is 4. The Morgan fingerprint density at radius 1 is 0.432 bits per heavy atom. The van der Waals surface area contributed by atoms with E-state index in [1.807, 2.05) is 11.3 Å². The molecule has 4 aromatic heterocycles. The lowest BCUT2D eigenvalue weighted by Crippen LogP contribution is -2.32. The molecule has 0 fully saturated rings. The van der Waals surface area contributed by atoms with Gasteiger partial charge in [0.1, 0.15) is 22.3 Å². The Bertz CT molecular complexity index is 5370. The number of hydrogen-bond acceptors (Lipinski definition) is 23. The number of nitro benzene ring substituents is 4. The highest BCUT2D eigenvalue weighted by Crippen LogP contribution is 2.59. The lowest BCUT2D eigenvalue weighted by atomic mass is 9.66. The van der Waals surface area contributed by atoms with Crippen molar-refractivity contribution in [1.29, 1.82) is 0 Å². The van der Waals surface area contributed by atoms with E-state index in [0.717, 1.165) is 82.0 Å². The lowest BCUT2D eigenvalue weighted by molar-refractivity contribution is -0.385. The first-order valence-corrected chi connectivity index (χ1v) is 47.3. The summed E-state index contributed by atoms with van der Waals surface area (Å²) >= 11 is 13.5. The number of benzene rings is 4. The topological polar surface area (TPSA) is 333 Å². The van der Waals surface area contributed by atoms with Gasteiger partial charge in [-0.05, 0) is 233 Å². The predicted octanol–water partition coefficient (Wildman–Crippen LogP) is 27.7. The Labute approximate surface area is 770 Å². The van der Waals surface area contributed by atoms with Gasteiger partial charge in [0.25, 0.3) is 22.7 Å². The van der Waals surface area contributed by atoms with E-state index in [2.05, 4.69) is 236 Å². The second-order valence-corrected chi connectivity index (χ2v) is 45.0. The Balaban J connectivity index is 0.000000218. The average molecular weight is 1930 g/mol. The zero-order valence-corrected chi connectivity index (χ0v) is 84.6. The molecule has 30 heteroatoms. The number of ether oxygens (including phenoxy) is 3. The summed E-state index contributed by atoms with van der Waals surface area (Å²) in [5, 5.41) is 63.4. The number of halogens is 2. The molecule has 4 N–H and O–H groups in total. The van der Waals surface area contributed by atoms with Gasteiger partial charge in [-0.1, -0.05) is 184 Å². The molecule has 4 aliphatic rings. The average Bonchev–Trinajstić information content (AvgIpc) is 1.61. The van der Waals surface area contributed by atoms with Crippen LogP contribution in [0, 0.1) is 85.9 Å². The zero-order valence-electron chi connectivity index (χ0n) is 78.2. The highest BCUT2D eigenvalue weighted by Gasteiger charge is 2.46. The molecule has 4 aromatic carbocycles. The first-order chi connectivity index (χ1) is 57.6. The van der Waals surface area contributed by atoms with Crippen molar-refractivity contribution in [2.45, 2.75) is 275 Å². The Morgan fingerprint density at radius 3 is 1.03 bits per heavy atom. The van der Waals surface area contributed by atoms with E-state index in [-0.39, 0.29) is 77.5 Å². The van der Waals surface area contributed by atoms with Gasteiger partial charge in [0.2, 0.25) is 0 Å². The number of esters is 3. The van der Waals surface area contributed by atoms with Crippen LogP contribution in [0.5, 0.6) is 0 Å². The SMILES string of the molecule is CC(C)CBr.COC(=O)c1ccc(Br)cc1[N+](=O)[O-].COC(=O)c1ccc(N(CC(C)C)c2sc3c(c2C)C(C)(C)CCC3(C)C)cc1[N+](=O)[O-].COC(=O)c1ccc(Nc2sc3c(c2C)C(C)(C)CCC3(C)C)cc1[N+](=O)[O-].Cc1c(N(CC(C)C)c2ccc(C(=O)O)c([N+](=O)[O-])c2)sc2c1C(C)(C)CCC2(C)C.Cc1c(N)sc2c1C(C)(C)CCC2(C)C. The molecule has 4 aliphatic carbocycles. The number of nitrogen functional groups attached to an aromatic ring is 1. The van der Waals surface area contributed by atoms with Gasteiger partial charge in [0.15, 0.2) is 0 Å². The summed E-state index contributed by atoms with van der Waals surface area (Å²) in [5.41, 5.74) is 18.4. The van der Waals surface area contributed by atoms with Crippen molar-refractivity contribution in [1.82, 2.24) is 0 Å². The molecule has 0 saturated carbocycles. The number of carboxylic acids is 1. The van der Waals surface area contributed by atoms with Crippen molar-refractivity contribution in [3.63, 3.8) is 0 Å². The van der Waals surface area contributed by atoms with Gasteiger partial charge < -0.3 is 40.2 Å². The number of rotatable bonds is 19. The zero-order chi connectivity index (χ0) is 94.6. The van der Waals surface area contributed by atoms with Crippen molar-refractivity contribution in [3.05, 3.63) is 204 Å². The van der Waals surface area contributed by atoms with Crippen LogP contribution in [0.1, 0.15) is 309 Å². The van der Waals surface area contributed by atoms with Crippen LogP contribution in [-0.4, -0.2) is 88.4 Å². The Kier molecular flexibility index (Phi) is 33.4. The van der Waals surface area contributed by atoms with Crippen LogP contribution < -0.4 is 20.9 Å². The highest BCUT2D eigenvalue weighted by molar-refractivity contribution is 9.10. The molecule has 12 rings (SSSR count). The number of thiophene rings is 4. The van der Waals surface area contributed by atoms with Crippen LogP contribution >= 0.6 is 77.2 Å². The van der Waals surface area contributed by atoms with Gasteiger partial charge >= 0.3 is 23.9 Å². The van der Waals surface area contributed by atoms with Gasteiger partial charge in [-0.2, -0.15) is 0 Å². The fraction of sp³-hybridized carbons (Fsp3) is 0.537. The molecular weight excluding hydrogens is 1800 g/mol. The summed E-state index contributed by atoms with van der Waals surface area (Å²) in [6.07, 6.45) is 9.30. The van der Waals surface area contributed by atoms with E-state index in [4.69, 9.17) is 10.5 Å². The molecular formula is C95H128Br2N8O16S4. The molecule has 24 nitrogen and oxygen atoms in total. The predicted molar refractivity (Wildman–Crippen MR) is 518 cm³/mol. The van der Waals surface area contributed by atoms with Crippen molar-refractivity contribution in [2.24, 2.45) is 17.8 Å². The standard InChI is InChI=1S/C25H34N2O4S.C24H32N2O4S.C21H26N2O4S.C13H21NS.C8H6BrNO4.C4H9Br/c1-15(2)14-26(17-9-10-18(23(28)31-8)19(13-17)27(29)30)22-16(3)20-21(32-22)25(6,7)12-11-24(20,4)5;1-14(2)13-25(16-8-9-17(22(27)28)18(12-16)26(29)30)21-15(3)19-20(31-21)24(6,7)11-10-23(19,4)5;1-12-16-17(21(4,5)10-9-20(16,2)3)28-18(12)22-13-7-8-14(19(24)27-6)15(11-13)23(25)26;1-8-9-10(15-11(8)14)13(4,5)7-6-12(9,2)3;1-14-8(11)6-3-2-5(9)4-7(6)10(12)13;1-4(2)3-5/h9-10,13,15H,11-12,14H2,1-8H3;8-9,12,14H,10-11,13H2,1-7H3,(H,27,28);7-8,11,22H,9-10H2,1-6H3;6-7,14H2,1-5H3;2-4H,1H3;4H,3H2,1-2H3. The largest absolute Gasteiger partial charge is 0.477 e. The maximum atomic E-state index is 12.1. The number of anilines is 7. The van der Waals surface area contributed by atoms with Crippen LogP contribution in [0.4, 0.5) is 59.8 Å². The number of hydrogen-bond donors (Lipinski definition) is 3. The molecule has 0 aliphatic heterocycles. The van der Waals surface area contributed by atoms with Gasteiger partial charge in [0.05, 0.1) is 61.0 Å². The molecule has 0 amide bonds. The summed E-state index contributed by atoms with van der Waals surface area (Å²) < 4.78 is 14.3. The van der Waals surface area contributed by atoms with Crippen molar-refractivity contribution in [3.8, 4) is 0 Å². The van der Waals surface area contributed by atoms with Gasteiger partial charge in [-0.15, -0.1) is 45.3 Å². The molecule has 0 bridgehead atoms. The number of fused-ring (bicyclic) bond motifs is 4. The minimum atomic E-state index is -1.29. The molecule has 682 valence electrons. The van der Waals surface area contributed by atoms with Gasteiger partial charge in [-0.25, -0.2) is 19.2 Å². The number of methoxy groups -OCH3 is 3. The highest BCUT2D eigenvalue weighted by atomic mass is 79.9. The molecule has 8 aromatic rings. The van der Waals surface area contributed by atoms with Gasteiger partial charge in [0, 0.05) is 83.7 Å². The summed E-state index contributed by atoms with van der Waals surface area (Å²) in [4.78, 5) is 99.5. The maximum Gasteiger partial charge on any atom is 0.344 e. The summed E-state index contributed by atoms with van der Waals surface area (Å²) in [6.45, 7) is 59.8. The van der Waals surface area contributed by atoms with Crippen LogP contribution in [-0.2, 0) is 57.5 Å².